The van der Waals surface area contributed by atoms with Gasteiger partial charge in [0.25, 0.3) is 0 Å². The average Bonchev–Trinajstić information content (AvgIpc) is 3.68. The van der Waals surface area contributed by atoms with E-state index in [1.165, 1.54) is 64.3 Å². The lowest BCUT2D eigenvalue weighted by Gasteiger charge is -2.31. The molecule has 4 heteroatoms. The Bertz CT molecular complexity index is 3120. The van der Waals surface area contributed by atoms with Crippen LogP contribution in [0, 0.1) is 11.8 Å². The number of benzene rings is 7. The number of nitrogens with zero attached hydrogens (tertiary/aromatic N) is 3. The van der Waals surface area contributed by atoms with Gasteiger partial charge in [0.2, 0.25) is 0 Å². The summed E-state index contributed by atoms with van der Waals surface area (Å²) in [5.41, 5.74) is 10.5. The molecule has 2 aliphatic carbocycles. The zero-order valence-corrected chi connectivity index (χ0v) is 31.8. The van der Waals surface area contributed by atoms with E-state index in [1.807, 2.05) is 18.2 Å². The number of allylic oxidation sites excluding steroid dienone is 8. The average molecular weight is 746 g/mol. The summed E-state index contributed by atoms with van der Waals surface area (Å²) >= 11 is 1.80. The van der Waals surface area contributed by atoms with Gasteiger partial charge in [0, 0.05) is 48.7 Å². The second kappa shape index (κ2) is 13.9. The molecule has 0 spiro atoms. The first-order valence-corrected chi connectivity index (χ1v) is 20.3. The van der Waals surface area contributed by atoms with E-state index in [1.54, 1.807) is 11.3 Å². The zero-order chi connectivity index (χ0) is 37.7. The van der Waals surface area contributed by atoms with E-state index in [-0.39, 0.29) is 11.8 Å². The normalized spacial score (nSPS) is 16.1. The molecule has 0 aliphatic heterocycles. The Morgan fingerprint density at radius 2 is 0.877 bits per heavy atom. The van der Waals surface area contributed by atoms with Gasteiger partial charge in [-0.2, -0.15) is 0 Å². The molecule has 7 aromatic carbocycles. The lowest BCUT2D eigenvalue weighted by molar-refractivity contribution is 0.688. The summed E-state index contributed by atoms with van der Waals surface area (Å²) in [6.45, 7) is 0. The van der Waals surface area contributed by atoms with Crippen molar-refractivity contribution in [2.45, 2.75) is 0 Å². The van der Waals surface area contributed by atoms with Crippen molar-refractivity contribution in [1.29, 1.82) is 0 Å². The molecule has 0 radical (unpaired) electrons. The monoisotopic (exact) mass is 745 g/mol. The fraction of sp³-hybridized carbons (Fsp3) is 0.0377. The van der Waals surface area contributed by atoms with Gasteiger partial charge >= 0.3 is 0 Å². The van der Waals surface area contributed by atoms with Gasteiger partial charge in [-0.05, 0) is 56.3 Å². The van der Waals surface area contributed by atoms with Crippen LogP contribution in [0.1, 0.15) is 11.4 Å². The van der Waals surface area contributed by atoms with Crippen LogP contribution in [0.4, 0.5) is 0 Å². The van der Waals surface area contributed by atoms with Gasteiger partial charge in [-0.3, -0.25) is 0 Å². The minimum atomic E-state index is 0.0724. The standard InChI is InChI=1S/C53H35N3S/c1-3-14-34(15-4-1)38-30-31-39(42-19-8-7-18-41(38)42)35-26-28-36(29-27-35)40-32-33-47(44-21-10-9-20-43(40)44)52-54-51(37-16-5-2-6-17-37)55-53(56-52)48-24-13-23-46-45-22-11-12-25-49(45)57-50(46)48/h1-33,43-44H. The summed E-state index contributed by atoms with van der Waals surface area (Å²) in [6.07, 6.45) is 13.5. The first kappa shape index (κ1) is 33.3. The van der Waals surface area contributed by atoms with Crippen molar-refractivity contribution in [3.63, 3.8) is 0 Å². The molecule has 0 saturated carbocycles. The Hall–Kier alpha value is -7.01. The van der Waals surface area contributed by atoms with Gasteiger partial charge in [-0.25, -0.2) is 15.0 Å². The third-order valence-electron chi connectivity index (χ3n) is 11.4. The zero-order valence-electron chi connectivity index (χ0n) is 31.0. The van der Waals surface area contributed by atoms with Crippen LogP contribution in [0.3, 0.4) is 0 Å². The third kappa shape index (κ3) is 5.85. The molecule has 2 atom stereocenters. The van der Waals surface area contributed by atoms with Crippen LogP contribution in [0.2, 0.25) is 0 Å². The molecular formula is C53H35N3S. The van der Waals surface area contributed by atoms with E-state index in [4.69, 9.17) is 15.0 Å². The maximum absolute atomic E-state index is 5.29. The molecule has 2 aromatic heterocycles. The second-order valence-corrected chi connectivity index (χ2v) is 15.7. The number of hydrogen-bond acceptors (Lipinski definition) is 4. The first-order chi connectivity index (χ1) is 28.3. The number of aromatic nitrogens is 3. The van der Waals surface area contributed by atoms with Crippen LogP contribution < -0.4 is 0 Å². The van der Waals surface area contributed by atoms with Crippen molar-refractivity contribution in [2.75, 3.05) is 0 Å². The fourth-order valence-electron chi connectivity index (χ4n) is 8.64. The Kier molecular flexibility index (Phi) is 8.15. The topological polar surface area (TPSA) is 38.7 Å². The summed E-state index contributed by atoms with van der Waals surface area (Å²) in [4.78, 5) is 15.6. The SMILES string of the molecule is C1=CC2C(c3ccc(-c4ccc(-c5ccccc5)c5ccccc45)cc3)=CC=C(c3nc(-c4ccccc4)nc(-c4cccc5c4sc4ccccc45)n3)C2C=C1. The second-order valence-electron chi connectivity index (χ2n) is 14.7. The van der Waals surface area contributed by atoms with Crippen LogP contribution >= 0.6 is 11.3 Å². The van der Waals surface area contributed by atoms with E-state index in [0.717, 1.165) is 16.7 Å². The quantitative estimate of drug-likeness (QED) is 0.170. The van der Waals surface area contributed by atoms with E-state index < -0.39 is 0 Å². The molecule has 0 saturated heterocycles. The van der Waals surface area contributed by atoms with Crippen LogP contribution in [0.15, 0.2) is 200 Å². The lowest BCUT2D eigenvalue weighted by Crippen LogP contribution is -2.20. The maximum Gasteiger partial charge on any atom is 0.165 e. The van der Waals surface area contributed by atoms with Crippen molar-refractivity contribution >= 4 is 53.4 Å². The molecule has 268 valence electrons. The smallest absolute Gasteiger partial charge is 0.165 e. The van der Waals surface area contributed by atoms with E-state index in [9.17, 15) is 0 Å². The van der Waals surface area contributed by atoms with Gasteiger partial charge < -0.3 is 0 Å². The summed E-state index contributed by atoms with van der Waals surface area (Å²) in [6, 6.07) is 58.4. The molecule has 2 heterocycles. The number of fused-ring (bicyclic) bond motifs is 5. The predicted octanol–water partition coefficient (Wildman–Crippen LogP) is 13.9. The van der Waals surface area contributed by atoms with Gasteiger partial charge in [0.1, 0.15) is 0 Å². The minimum absolute atomic E-state index is 0.0724. The van der Waals surface area contributed by atoms with Gasteiger partial charge in [-0.1, -0.05) is 188 Å². The number of hydrogen-bond donors (Lipinski definition) is 0. The minimum Gasteiger partial charge on any atom is -0.208 e. The molecule has 0 amide bonds. The predicted molar refractivity (Wildman–Crippen MR) is 240 cm³/mol. The van der Waals surface area contributed by atoms with E-state index >= 15 is 0 Å². The summed E-state index contributed by atoms with van der Waals surface area (Å²) in [7, 11) is 0. The molecule has 0 fully saturated rings. The van der Waals surface area contributed by atoms with Crippen LogP contribution in [-0.2, 0) is 0 Å². The molecule has 0 N–H and O–H groups in total. The lowest BCUT2D eigenvalue weighted by atomic mass is 9.73. The number of thiophene rings is 1. The fourth-order valence-corrected chi connectivity index (χ4v) is 9.85. The van der Waals surface area contributed by atoms with Crippen LogP contribution in [0.25, 0.3) is 87.1 Å². The van der Waals surface area contributed by atoms with Crippen molar-refractivity contribution < 1.29 is 0 Å². The molecule has 3 nitrogen and oxygen atoms in total. The largest absolute Gasteiger partial charge is 0.208 e. The molecule has 2 aliphatic rings. The number of rotatable bonds is 6. The van der Waals surface area contributed by atoms with Crippen molar-refractivity contribution in [3.8, 4) is 45.0 Å². The van der Waals surface area contributed by atoms with Crippen LogP contribution in [0.5, 0.6) is 0 Å². The summed E-state index contributed by atoms with van der Waals surface area (Å²) in [5, 5.41) is 5.00. The highest BCUT2D eigenvalue weighted by molar-refractivity contribution is 7.26. The molecule has 2 unspecified atom stereocenters. The Morgan fingerprint density at radius 3 is 1.60 bits per heavy atom. The van der Waals surface area contributed by atoms with Crippen molar-refractivity contribution in [3.05, 3.63) is 212 Å². The summed E-state index contributed by atoms with van der Waals surface area (Å²) in [5.74, 6) is 2.29. The molecule has 9 aromatic rings. The van der Waals surface area contributed by atoms with Crippen molar-refractivity contribution in [2.24, 2.45) is 11.8 Å². The molecule has 57 heavy (non-hydrogen) atoms. The van der Waals surface area contributed by atoms with E-state index in [2.05, 4.69) is 182 Å². The Morgan fingerprint density at radius 1 is 0.351 bits per heavy atom. The Balaban J connectivity index is 1.00. The first-order valence-electron chi connectivity index (χ1n) is 19.4. The van der Waals surface area contributed by atoms with Gasteiger partial charge in [0.05, 0.1) is 0 Å². The van der Waals surface area contributed by atoms with Gasteiger partial charge in [-0.15, -0.1) is 11.3 Å². The highest BCUT2D eigenvalue weighted by atomic mass is 32.1. The molecule has 11 rings (SSSR count). The van der Waals surface area contributed by atoms with Crippen molar-refractivity contribution in [1.82, 2.24) is 15.0 Å². The highest BCUT2D eigenvalue weighted by Gasteiger charge is 2.32. The summed E-state index contributed by atoms with van der Waals surface area (Å²) < 4.78 is 2.45. The van der Waals surface area contributed by atoms with Crippen LogP contribution in [-0.4, -0.2) is 15.0 Å². The third-order valence-corrected chi connectivity index (χ3v) is 12.6. The van der Waals surface area contributed by atoms with Gasteiger partial charge in [0.15, 0.2) is 17.5 Å². The highest BCUT2D eigenvalue weighted by Crippen LogP contribution is 2.45. The molecular weight excluding hydrogens is 711 g/mol. The maximum atomic E-state index is 5.29. The Labute approximate surface area is 335 Å². The molecule has 0 bridgehead atoms. The van der Waals surface area contributed by atoms with E-state index in [0.29, 0.717) is 17.5 Å².